The molecule has 1 unspecified atom stereocenters. The fourth-order valence-electron chi connectivity index (χ4n) is 3.07. The van der Waals surface area contributed by atoms with Crippen molar-refractivity contribution >= 4 is 11.9 Å². The number of carbonyl (C=O) groups excluding carboxylic acids is 1. The highest BCUT2D eigenvalue weighted by atomic mass is 19.4. The number of halogens is 3. The summed E-state index contributed by atoms with van der Waals surface area (Å²) < 4.78 is 38.0. The number of likely N-dealkylation sites (tertiary alicyclic amines) is 1. The van der Waals surface area contributed by atoms with Crippen molar-refractivity contribution in [3.63, 3.8) is 0 Å². The van der Waals surface area contributed by atoms with E-state index in [4.69, 9.17) is 0 Å². The molecule has 0 spiro atoms. The summed E-state index contributed by atoms with van der Waals surface area (Å²) >= 11 is 0. The van der Waals surface area contributed by atoms with Crippen LogP contribution in [0.1, 0.15) is 43.7 Å². The lowest BCUT2D eigenvalue weighted by Crippen LogP contribution is -2.50. The topological polar surface area (TPSA) is 57.6 Å². The van der Waals surface area contributed by atoms with Crippen molar-refractivity contribution in [2.75, 3.05) is 6.54 Å². The van der Waals surface area contributed by atoms with Crippen molar-refractivity contribution in [2.24, 2.45) is 0 Å². The smallest absolute Gasteiger partial charge is 0.416 e. The second-order valence-corrected chi connectivity index (χ2v) is 6.28. The Morgan fingerprint density at radius 3 is 2.67 bits per heavy atom. The molecular weight excluding hydrogens is 323 g/mol. The van der Waals surface area contributed by atoms with Gasteiger partial charge in [0.1, 0.15) is 5.54 Å². The van der Waals surface area contributed by atoms with Crippen LogP contribution in [0.5, 0.6) is 0 Å². The van der Waals surface area contributed by atoms with Gasteiger partial charge in [-0.25, -0.2) is 4.79 Å². The molecule has 1 heterocycles. The van der Waals surface area contributed by atoms with E-state index in [9.17, 15) is 27.9 Å². The Morgan fingerprint density at radius 2 is 2.04 bits per heavy atom. The van der Waals surface area contributed by atoms with Gasteiger partial charge >= 0.3 is 12.1 Å². The highest BCUT2D eigenvalue weighted by Gasteiger charge is 2.45. The van der Waals surface area contributed by atoms with Gasteiger partial charge in [-0.2, -0.15) is 13.2 Å². The van der Waals surface area contributed by atoms with Crippen LogP contribution in [0.4, 0.5) is 13.2 Å². The molecule has 1 N–H and O–H groups in total. The predicted molar refractivity (Wildman–Crippen MR) is 81.4 cm³/mol. The maximum atomic E-state index is 12.7. The molecule has 1 fully saturated rings. The number of benzene rings is 1. The lowest BCUT2D eigenvalue weighted by atomic mass is 9.98. The maximum absolute atomic E-state index is 12.7. The quantitative estimate of drug-likeness (QED) is 0.890. The first-order chi connectivity index (χ1) is 11.1. The number of carbonyl (C=O) groups is 2. The van der Waals surface area contributed by atoms with E-state index in [0.29, 0.717) is 37.8 Å². The largest absolute Gasteiger partial charge is 0.480 e. The average molecular weight is 343 g/mol. The fourth-order valence-corrected chi connectivity index (χ4v) is 3.07. The first kappa shape index (κ1) is 18.3. The lowest BCUT2D eigenvalue weighted by Gasteiger charge is -2.31. The van der Waals surface area contributed by atoms with Crippen molar-refractivity contribution in [1.29, 1.82) is 0 Å². The van der Waals surface area contributed by atoms with Crippen LogP contribution in [0.2, 0.25) is 0 Å². The molecule has 0 radical (unpaired) electrons. The van der Waals surface area contributed by atoms with E-state index in [-0.39, 0.29) is 12.3 Å². The third kappa shape index (κ3) is 3.88. The summed E-state index contributed by atoms with van der Waals surface area (Å²) in [5.74, 6) is -1.28. The number of aliphatic carboxylic acids is 1. The second kappa shape index (κ2) is 6.83. The molecule has 4 nitrogen and oxygen atoms in total. The predicted octanol–water partition coefficient (Wildman–Crippen LogP) is 3.49. The van der Waals surface area contributed by atoms with E-state index in [1.54, 1.807) is 6.07 Å². The Kier molecular flexibility index (Phi) is 5.20. The molecule has 2 rings (SSSR count). The molecule has 1 aromatic carbocycles. The van der Waals surface area contributed by atoms with Crippen LogP contribution in [0.25, 0.3) is 0 Å². The van der Waals surface area contributed by atoms with Crippen LogP contribution in [0, 0.1) is 0 Å². The monoisotopic (exact) mass is 343 g/mol. The SMILES string of the molecule is CC1(C(=O)O)CCCN1C(=O)CCCc1cccc(C(F)(F)F)c1. The van der Waals surface area contributed by atoms with Gasteiger partial charge in [0.05, 0.1) is 5.56 Å². The molecule has 1 aromatic rings. The van der Waals surface area contributed by atoms with Gasteiger partial charge in [0.2, 0.25) is 5.91 Å². The highest BCUT2D eigenvalue weighted by Crippen LogP contribution is 2.31. The third-order valence-corrected chi connectivity index (χ3v) is 4.51. The fraction of sp³-hybridized carbons (Fsp3) is 0.529. The minimum atomic E-state index is -4.38. The van der Waals surface area contributed by atoms with E-state index in [1.165, 1.54) is 17.9 Å². The van der Waals surface area contributed by atoms with E-state index in [0.717, 1.165) is 12.1 Å². The number of hydrogen-bond donors (Lipinski definition) is 1. The summed E-state index contributed by atoms with van der Waals surface area (Å²) in [6.07, 6.45) is -2.48. The second-order valence-electron chi connectivity index (χ2n) is 6.28. The number of hydrogen-bond acceptors (Lipinski definition) is 2. The van der Waals surface area contributed by atoms with Gasteiger partial charge in [-0.05, 0) is 44.2 Å². The first-order valence-electron chi connectivity index (χ1n) is 7.84. The van der Waals surface area contributed by atoms with E-state index in [1.807, 2.05) is 0 Å². The van der Waals surface area contributed by atoms with Gasteiger partial charge in [0.25, 0.3) is 0 Å². The van der Waals surface area contributed by atoms with Gasteiger partial charge < -0.3 is 10.0 Å². The van der Waals surface area contributed by atoms with Crippen molar-refractivity contribution in [1.82, 2.24) is 4.90 Å². The maximum Gasteiger partial charge on any atom is 0.416 e. The summed E-state index contributed by atoms with van der Waals surface area (Å²) in [6, 6.07) is 5.04. The Hall–Kier alpha value is -2.05. The Morgan fingerprint density at radius 1 is 1.33 bits per heavy atom. The Labute approximate surface area is 138 Å². The van der Waals surface area contributed by atoms with Crippen LogP contribution >= 0.6 is 0 Å². The zero-order valence-electron chi connectivity index (χ0n) is 13.4. The van der Waals surface area contributed by atoms with Crippen molar-refractivity contribution < 1.29 is 27.9 Å². The number of aryl methyl sites for hydroxylation is 1. The first-order valence-corrected chi connectivity index (χ1v) is 7.84. The summed E-state index contributed by atoms with van der Waals surface area (Å²) in [4.78, 5) is 25.0. The molecule has 7 heteroatoms. The number of carboxylic acids is 1. The van der Waals surface area contributed by atoms with E-state index >= 15 is 0 Å². The highest BCUT2D eigenvalue weighted by molar-refractivity contribution is 5.87. The van der Waals surface area contributed by atoms with Crippen molar-refractivity contribution in [2.45, 2.75) is 50.7 Å². The molecule has 1 amide bonds. The summed E-state index contributed by atoms with van der Waals surface area (Å²) in [7, 11) is 0. The molecule has 132 valence electrons. The molecule has 0 saturated carbocycles. The third-order valence-electron chi connectivity index (χ3n) is 4.51. The minimum absolute atomic E-state index is 0.124. The molecular formula is C17H20F3NO3. The van der Waals surface area contributed by atoms with Crippen LogP contribution in [0.3, 0.4) is 0 Å². The number of rotatable bonds is 5. The average Bonchev–Trinajstić information content (AvgIpc) is 2.90. The van der Waals surface area contributed by atoms with Crippen LogP contribution in [-0.2, 0) is 22.2 Å². The Bertz CT molecular complexity index is 630. The van der Waals surface area contributed by atoms with Gasteiger partial charge in [0.15, 0.2) is 0 Å². The van der Waals surface area contributed by atoms with Crippen molar-refractivity contribution in [3.8, 4) is 0 Å². The lowest BCUT2D eigenvalue weighted by molar-refractivity contribution is -0.155. The number of alkyl halides is 3. The molecule has 1 aliphatic heterocycles. The zero-order chi connectivity index (χ0) is 18.0. The zero-order valence-corrected chi connectivity index (χ0v) is 13.4. The number of nitrogens with zero attached hydrogens (tertiary/aromatic N) is 1. The standard InChI is InChI=1S/C17H20F3NO3/c1-16(15(23)24)9-4-10-21(16)14(22)8-3-6-12-5-2-7-13(11-12)17(18,19)20/h2,5,7,11H,3-4,6,8-10H2,1H3,(H,23,24). The van der Waals surface area contributed by atoms with Gasteiger partial charge in [-0.15, -0.1) is 0 Å². The molecule has 24 heavy (non-hydrogen) atoms. The van der Waals surface area contributed by atoms with Crippen LogP contribution < -0.4 is 0 Å². The summed E-state index contributed by atoms with van der Waals surface area (Å²) in [5.41, 5.74) is -1.36. The summed E-state index contributed by atoms with van der Waals surface area (Å²) in [5, 5.41) is 9.30. The van der Waals surface area contributed by atoms with E-state index < -0.39 is 23.2 Å². The molecule has 0 bridgehead atoms. The number of amides is 1. The Balaban J connectivity index is 1.93. The van der Waals surface area contributed by atoms with Crippen molar-refractivity contribution in [3.05, 3.63) is 35.4 Å². The molecule has 1 atom stereocenters. The van der Waals surface area contributed by atoms with Crippen LogP contribution in [0.15, 0.2) is 24.3 Å². The number of carboxylic acid groups (broad SMARTS) is 1. The van der Waals surface area contributed by atoms with Gasteiger partial charge in [-0.1, -0.05) is 18.2 Å². The minimum Gasteiger partial charge on any atom is -0.480 e. The molecule has 0 aliphatic carbocycles. The normalized spacial score (nSPS) is 21.1. The van der Waals surface area contributed by atoms with Gasteiger partial charge in [-0.3, -0.25) is 4.79 Å². The molecule has 1 aliphatic rings. The van der Waals surface area contributed by atoms with E-state index in [2.05, 4.69) is 0 Å². The van der Waals surface area contributed by atoms with Gasteiger partial charge in [0, 0.05) is 13.0 Å². The molecule has 1 saturated heterocycles. The molecule has 0 aromatic heterocycles. The van der Waals surface area contributed by atoms with Crippen LogP contribution in [-0.4, -0.2) is 34.0 Å². The summed E-state index contributed by atoms with van der Waals surface area (Å²) in [6.45, 7) is 1.94.